The third kappa shape index (κ3) is 2.06. The molecule has 1 aliphatic heterocycles. The SMILES string of the molecule is CNCC(=O)N1CCc2cc(OC)c(N)cc21. The molecule has 0 spiro atoms. The predicted octanol–water partition coefficient (Wildman–Crippen LogP) is 0.386. The molecule has 92 valence electrons. The summed E-state index contributed by atoms with van der Waals surface area (Å²) >= 11 is 0. The van der Waals surface area contributed by atoms with Crippen LogP contribution in [0.1, 0.15) is 5.56 Å². The minimum atomic E-state index is 0.0656. The maximum absolute atomic E-state index is 11.9. The van der Waals surface area contributed by atoms with Crippen molar-refractivity contribution >= 4 is 17.3 Å². The van der Waals surface area contributed by atoms with E-state index in [2.05, 4.69) is 5.32 Å². The Hall–Kier alpha value is -1.75. The molecule has 17 heavy (non-hydrogen) atoms. The number of hydrogen-bond acceptors (Lipinski definition) is 4. The summed E-state index contributed by atoms with van der Waals surface area (Å²) in [6.07, 6.45) is 0.849. The smallest absolute Gasteiger partial charge is 0.240 e. The van der Waals surface area contributed by atoms with Crippen LogP contribution >= 0.6 is 0 Å². The van der Waals surface area contributed by atoms with E-state index < -0.39 is 0 Å². The van der Waals surface area contributed by atoms with Crippen molar-refractivity contribution in [1.82, 2.24) is 5.32 Å². The van der Waals surface area contributed by atoms with Gasteiger partial charge in [-0.1, -0.05) is 0 Å². The minimum Gasteiger partial charge on any atom is -0.495 e. The van der Waals surface area contributed by atoms with Crippen molar-refractivity contribution in [1.29, 1.82) is 0 Å². The highest BCUT2D eigenvalue weighted by atomic mass is 16.5. The molecular formula is C12H17N3O2. The fraction of sp³-hybridized carbons (Fsp3) is 0.417. The second-order valence-electron chi connectivity index (χ2n) is 4.05. The van der Waals surface area contributed by atoms with Gasteiger partial charge < -0.3 is 20.7 Å². The molecule has 0 radical (unpaired) electrons. The largest absolute Gasteiger partial charge is 0.495 e. The van der Waals surface area contributed by atoms with Gasteiger partial charge in [0.15, 0.2) is 0 Å². The topological polar surface area (TPSA) is 67.6 Å². The quantitative estimate of drug-likeness (QED) is 0.744. The number of carbonyl (C=O) groups is 1. The number of benzene rings is 1. The zero-order valence-corrected chi connectivity index (χ0v) is 10.1. The zero-order valence-electron chi connectivity index (χ0n) is 10.1. The van der Waals surface area contributed by atoms with Crippen LogP contribution in [0.3, 0.4) is 0 Å². The van der Waals surface area contributed by atoms with Crippen LogP contribution in [0.4, 0.5) is 11.4 Å². The highest BCUT2D eigenvalue weighted by Gasteiger charge is 2.25. The molecule has 1 aromatic carbocycles. The molecule has 2 rings (SSSR count). The van der Waals surface area contributed by atoms with Gasteiger partial charge in [-0.05, 0) is 31.2 Å². The van der Waals surface area contributed by atoms with Crippen LogP contribution in [0.5, 0.6) is 5.75 Å². The fourth-order valence-electron chi connectivity index (χ4n) is 2.11. The normalized spacial score (nSPS) is 13.6. The molecule has 1 amide bonds. The summed E-state index contributed by atoms with van der Waals surface area (Å²) < 4.78 is 5.17. The van der Waals surface area contributed by atoms with Gasteiger partial charge in [0.1, 0.15) is 5.75 Å². The number of carbonyl (C=O) groups excluding carboxylic acids is 1. The number of likely N-dealkylation sites (N-methyl/N-ethyl adjacent to an activating group) is 1. The summed E-state index contributed by atoms with van der Waals surface area (Å²) in [7, 11) is 3.36. The van der Waals surface area contributed by atoms with Crippen molar-refractivity contribution in [3.63, 3.8) is 0 Å². The number of nitrogens with two attached hydrogens (primary N) is 1. The molecule has 0 bridgehead atoms. The Morgan fingerprint density at radius 3 is 3.00 bits per heavy atom. The van der Waals surface area contributed by atoms with E-state index in [0.29, 0.717) is 24.5 Å². The van der Waals surface area contributed by atoms with E-state index >= 15 is 0 Å². The minimum absolute atomic E-state index is 0.0656. The highest BCUT2D eigenvalue weighted by molar-refractivity contribution is 5.97. The van der Waals surface area contributed by atoms with Crippen LogP contribution in [0.2, 0.25) is 0 Å². The van der Waals surface area contributed by atoms with E-state index in [1.807, 2.05) is 12.1 Å². The molecule has 0 aliphatic carbocycles. The number of nitrogens with one attached hydrogen (secondary N) is 1. The fourth-order valence-corrected chi connectivity index (χ4v) is 2.11. The molecule has 3 N–H and O–H groups in total. The first-order valence-corrected chi connectivity index (χ1v) is 5.58. The number of fused-ring (bicyclic) bond motifs is 1. The van der Waals surface area contributed by atoms with E-state index in [0.717, 1.165) is 17.7 Å². The first-order chi connectivity index (χ1) is 8.17. The van der Waals surface area contributed by atoms with Gasteiger partial charge in [-0.15, -0.1) is 0 Å². The van der Waals surface area contributed by atoms with Crippen LogP contribution in [-0.2, 0) is 11.2 Å². The monoisotopic (exact) mass is 235 g/mol. The Labute approximate surface area is 101 Å². The first kappa shape index (κ1) is 11.7. The molecule has 5 heteroatoms. The third-order valence-electron chi connectivity index (χ3n) is 2.96. The highest BCUT2D eigenvalue weighted by Crippen LogP contribution is 2.35. The lowest BCUT2D eigenvalue weighted by Crippen LogP contribution is -2.35. The van der Waals surface area contributed by atoms with E-state index in [1.165, 1.54) is 0 Å². The van der Waals surface area contributed by atoms with Crippen molar-refractivity contribution in [3.05, 3.63) is 17.7 Å². The third-order valence-corrected chi connectivity index (χ3v) is 2.96. The average molecular weight is 235 g/mol. The van der Waals surface area contributed by atoms with E-state index in [9.17, 15) is 4.79 Å². The molecule has 0 aromatic heterocycles. The predicted molar refractivity (Wildman–Crippen MR) is 67.4 cm³/mol. The molecule has 0 fully saturated rings. The van der Waals surface area contributed by atoms with E-state index in [1.54, 1.807) is 19.1 Å². The van der Waals surface area contributed by atoms with Gasteiger partial charge in [0.2, 0.25) is 5.91 Å². The molecule has 1 aliphatic rings. The maximum Gasteiger partial charge on any atom is 0.240 e. The van der Waals surface area contributed by atoms with Gasteiger partial charge >= 0.3 is 0 Å². The zero-order chi connectivity index (χ0) is 12.4. The number of hydrogen-bond donors (Lipinski definition) is 2. The summed E-state index contributed by atoms with van der Waals surface area (Å²) in [4.78, 5) is 13.6. The summed E-state index contributed by atoms with van der Waals surface area (Å²) in [5.41, 5.74) is 8.44. The standard InChI is InChI=1S/C12H17N3O2/c1-14-7-12(16)15-4-3-8-5-11(17-2)9(13)6-10(8)15/h5-6,14H,3-4,7,13H2,1-2H3. The van der Waals surface area contributed by atoms with E-state index in [-0.39, 0.29) is 5.91 Å². The van der Waals surface area contributed by atoms with Crippen molar-refractivity contribution in [3.8, 4) is 5.75 Å². The number of anilines is 2. The van der Waals surface area contributed by atoms with Crippen LogP contribution in [0, 0.1) is 0 Å². The Kier molecular flexibility index (Phi) is 3.19. The lowest BCUT2D eigenvalue weighted by atomic mass is 10.1. The Morgan fingerprint density at radius 1 is 1.59 bits per heavy atom. The summed E-state index contributed by atoms with van der Waals surface area (Å²) in [5, 5.41) is 2.87. The van der Waals surface area contributed by atoms with Crippen molar-refractivity contribution in [2.75, 3.05) is 37.9 Å². The van der Waals surface area contributed by atoms with Crippen molar-refractivity contribution < 1.29 is 9.53 Å². The van der Waals surface area contributed by atoms with Gasteiger partial charge in [-0.25, -0.2) is 0 Å². The van der Waals surface area contributed by atoms with Crippen molar-refractivity contribution in [2.24, 2.45) is 0 Å². The molecule has 5 nitrogen and oxygen atoms in total. The van der Waals surface area contributed by atoms with Gasteiger partial charge in [-0.2, -0.15) is 0 Å². The van der Waals surface area contributed by atoms with Crippen molar-refractivity contribution in [2.45, 2.75) is 6.42 Å². The van der Waals surface area contributed by atoms with Crippen LogP contribution < -0.4 is 20.7 Å². The number of methoxy groups -OCH3 is 1. The van der Waals surface area contributed by atoms with Crippen LogP contribution in [0.15, 0.2) is 12.1 Å². The van der Waals surface area contributed by atoms with Gasteiger partial charge in [0.05, 0.1) is 19.3 Å². The Bertz CT molecular complexity index is 446. The molecular weight excluding hydrogens is 218 g/mol. The molecule has 1 aromatic rings. The van der Waals surface area contributed by atoms with E-state index in [4.69, 9.17) is 10.5 Å². The Morgan fingerprint density at radius 2 is 2.35 bits per heavy atom. The molecule has 0 atom stereocenters. The number of rotatable bonds is 3. The second kappa shape index (κ2) is 4.63. The van der Waals surface area contributed by atoms with Crippen LogP contribution in [0.25, 0.3) is 0 Å². The maximum atomic E-state index is 11.9. The van der Waals surface area contributed by atoms with Gasteiger partial charge in [0, 0.05) is 12.2 Å². The second-order valence-corrected chi connectivity index (χ2v) is 4.05. The number of nitrogen functional groups attached to an aromatic ring is 1. The Balaban J connectivity index is 2.32. The molecule has 1 heterocycles. The molecule has 0 unspecified atom stereocenters. The lowest BCUT2D eigenvalue weighted by Gasteiger charge is -2.18. The molecule has 0 saturated carbocycles. The number of nitrogens with zero attached hydrogens (tertiary/aromatic N) is 1. The van der Waals surface area contributed by atoms with Crippen LogP contribution in [-0.4, -0.2) is 33.2 Å². The number of ether oxygens (including phenoxy) is 1. The summed E-state index contributed by atoms with van der Waals surface area (Å²) in [6, 6.07) is 3.73. The first-order valence-electron chi connectivity index (χ1n) is 5.58. The average Bonchev–Trinajstić information content (AvgIpc) is 2.71. The lowest BCUT2D eigenvalue weighted by molar-refractivity contribution is -0.117. The van der Waals surface area contributed by atoms with Gasteiger partial charge in [-0.3, -0.25) is 4.79 Å². The molecule has 0 saturated heterocycles. The summed E-state index contributed by atoms with van der Waals surface area (Å²) in [6.45, 7) is 1.05. The van der Waals surface area contributed by atoms with Gasteiger partial charge in [0.25, 0.3) is 0 Å². The number of amides is 1. The summed E-state index contributed by atoms with van der Waals surface area (Å²) in [5.74, 6) is 0.738.